The lowest BCUT2D eigenvalue weighted by Crippen LogP contribution is -2.16. The second-order valence-corrected chi connectivity index (χ2v) is 6.48. The number of anilines is 1. The van der Waals surface area contributed by atoms with Crippen molar-refractivity contribution in [1.29, 1.82) is 0 Å². The number of nitrogens with zero attached hydrogens (tertiary/aromatic N) is 2. The van der Waals surface area contributed by atoms with Gasteiger partial charge in [-0.3, -0.25) is 4.68 Å². The first kappa shape index (κ1) is 15.4. The quantitative estimate of drug-likeness (QED) is 0.933. The Morgan fingerprint density at radius 3 is 2.62 bits per heavy atom. The third-order valence-corrected chi connectivity index (χ3v) is 3.44. The van der Waals surface area contributed by atoms with Crippen LogP contribution < -0.4 is 10.1 Å². The minimum atomic E-state index is 0.0367. The minimum Gasteiger partial charge on any atom is -0.495 e. The molecule has 0 unspecified atom stereocenters. The van der Waals surface area contributed by atoms with Gasteiger partial charge in [-0.15, -0.1) is 0 Å². The molecular weight excluding hydrogens is 262 g/mol. The second-order valence-electron chi connectivity index (χ2n) is 6.48. The van der Waals surface area contributed by atoms with E-state index >= 15 is 0 Å². The summed E-state index contributed by atoms with van der Waals surface area (Å²) in [4.78, 5) is 0. The molecule has 0 amide bonds. The van der Waals surface area contributed by atoms with Crippen LogP contribution in [0.15, 0.2) is 24.4 Å². The van der Waals surface area contributed by atoms with E-state index in [1.165, 1.54) is 11.1 Å². The summed E-state index contributed by atoms with van der Waals surface area (Å²) in [5.41, 5.74) is 4.61. The summed E-state index contributed by atoms with van der Waals surface area (Å²) in [5.74, 6) is 0.863. The molecule has 2 aromatic rings. The highest BCUT2D eigenvalue weighted by Crippen LogP contribution is 2.28. The van der Waals surface area contributed by atoms with Gasteiger partial charge in [-0.05, 0) is 24.6 Å². The maximum Gasteiger partial charge on any atom is 0.141 e. The lowest BCUT2D eigenvalue weighted by atomic mass is 9.89. The van der Waals surface area contributed by atoms with Gasteiger partial charge in [-0.1, -0.05) is 26.8 Å². The lowest BCUT2D eigenvalue weighted by Gasteiger charge is -2.18. The number of aryl methyl sites for hydroxylation is 2. The van der Waals surface area contributed by atoms with Crippen molar-refractivity contribution < 1.29 is 4.74 Å². The molecule has 0 saturated carbocycles. The highest BCUT2D eigenvalue weighted by molar-refractivity contribution is 5.58. The largest absolute Gasteiger partial charge is 0.495 e. The van der Waals surface area contributed by atoms with E-state index in [4.69, 9.17) is 4.74 Å². The highest BCUT2D eigenvalue weighted by Gasteiger charge is 2.21. The summed E-state index contributed by atoms with van der Waals surface area (Å²) < 4.78 is 7.29. The van der Waals surface area contributed by atoms with Crippen molar-refractivity contribution in [2.24, 2.45) is 7.05 Å². The molecule has 0 atom stereocenters. The number of ether oxygens (including phenoxy) is 1. The van der Waals surface area contributed by atoms with Crippen LogP contribution in [-0.2, 0) is 19.0 Å². The molecule has 2 rings (SSSR count). The molecule has 4 nitrogen and oxygen atoms in total. The molecule has 0 aliphatic heterocycles. The van der Waals surface area contributed by atoms with E-state index in [-0.39, 0.29) is 5.41 Å². The zero-order valence-corrected chi connectivity index (χ0v) is 13.8. The first-order valence-electron chi connectivity index (χ1n) is 7.23. The molecule has 0 aliphatic carbocycles. The summed E-state index contributed by atoms with van der Waals surface area (Å²) in [7, 11) is 3.66. The van der Waals surface area contributed by atoms with Crippen LogP contribution in [0.5, 0.6) is 5.75 Å². The second kappa shape index (κ2) is 5.80. The Labute approximate surface area is 127 Å². The number of benzene rings is 1. The smallest absolute Gasteiger partial charge is 0.141 e. The first-order chi connectivity index (χ1) is 9.81. The van der Waals surface area contributed by atoms with Crippen molar-refractivity contribution >= 4 is 5.69 Å². The SMILES string of the molecule is COc1ccc(C)cc1NCc1cn(C)nc1C(C)(C)C. The summed E-state index contributed by atoms with van der Waals surface area (Å²) in [6.45, 7) is 9.37. The van der Waals surface area contributed by atoms with Crippen molar-refractivity contribution in [2.75, 3.05) is 12.4 Å². The number of hydrogen-bond donors (Lipinski definition) is 1. The zero-order valence-electron chi connectivity index (χ0n) is 13.8. The highest BCUT2D eigenvalue weighted by atomic mass is 16.5. The third kappa shape index (κ3) is 3.57. The Morgan fingerprint density at radius 2 is 2.00 bits per heavy atom. The monoisotopic (exact) mass is 287 g/mol. The molecule has 4 heteroatoms. The Bertz CT molecular complexity index is 623. The van der Waals surface area contributed by atoms with Gasteiger partial charge in [0.05, 0.1) is 18.5 Å². The molecule has 0 spiro atoms. The molecule has 0 aliphatic rings. The maximum absolute atomic E-state index is 5.41. The van der Waals surface area contributed by atoms with Crippen molar-refractivity contribution in [3.05, 3.63) is 41.2 Å². The van der Waals surface area contributed by atoms with Gasteiger partial charge < -0.3 is 10.1 Å². The van der Waals surface area contributed by atoms with Crippen LogP contribution in [0, 0.1) is 6.92 Å². The Morgan fingerprint density at radius 1 is 1.29 bits per heavy atom. The fraction of sp³-hybridized carbons (Fsp3) is 0.471. The fourth-order valence-electron chi connectivity index (χ4n) is 2.45. The lowest BCUT2D eigenvalue weighted by molar-refractivity contribution is 0.416. The number of nitrogens with one attached hydrogen (secondary N) is 1. The van der Waals surface area contributed by atoms with Crippen LogP contribution >= 0.6 is 0 Å². The predicted octanol–water partition coefficient (Wildman–Crippen LogP) is 3.65. The van der Waals surface area contributed by atoms with Crippen molar-refractivity contribution in [1.82, 2.24) is 9.78 Å². The van der Waals surface area contributed by atoms with Gasteiger partial charge in [-0.2, -0.15) is 5.10 Å². The summed E-state index contributed by atoms with van der Waals surface area (Å²) >= 11 is 0. The molecule has 1 aromatic carbocycles. The maximum atomic E-state index is 5.41. The molecule has 114 valence electrons. The standard InChI is InChI=1S/C17H25N3O/c1-12-7-8-15(21-6)14(9-12)18-10-13-11-20(5)19-16(13)17(2,3)4/h7-9,11,18H,10H2,1-6H3. The number of aromatic nitrogens is 2. The van der Waals surface area contributed by atoms with Crippen LogP contribution in [0.3, 0.4) is 0 Å². The summed E-state index contributed by atoms with van der Waals surface area (Å²) in [5, 5.41) is 8.07. The van der Waals surface area contributed by atoms with Gasteiger partial charge in [0.15, 0.2) is 0 Å². The molecule has 1 aromatic heterocycles. The Hall–Kier alpha value is -1.97. The van der Waals surface area contributed by atoms with Gasteiger partial charge in [0.25, 0.3) is 0 Å². The van der Waals surface area contributed by atoms with E-state index in [9.17, 15) is 0 Å². The number of methoxy groups -OCH3 is 1. The Kier molecular flexibility index (Phi) is 4.26. The van der Waals surface area contributed by atoms with Crippen LogP contribution in [0.25, 0.3) is 0 Å². The topological polar surface area (TPSA) is 39.1 Å². The Balaban J connectivity index is 2.23. The van der Waals surface area contributed by atoms with Crippen LogP contribution in [0.2, 0.25) is 0 Å². The molecule has 0 bridgehead atoms. The average Bonchev–Trinajstić information content (AvgIpc) is 2.78. The first-order valence-corrected chi connectivity index (χ1v) is 7.23. The van der Waals surface area contributed by atoms with E-state index < -0.39 is 0 Å². The molecule has 0 radical (unpaired) electrons. The van der Waals surface area contributed by atoms with Gasteiger partial charge in [0.1, 0.15) is 5.75 Å². The van der Waals surface area contributed by atoms with Crippen LogP contribution in [0.1, 0.15) is 37.6 Å². The van der Waals surface area contributed by atoms with E-state index in [2.05, 4.69) is 56.4 Å². The number of rotatable bonds is 4. The van der Waals surface area contributed by atoms with Crippen molar-refractivity contribution in [3.8, 4) is 5.75 Å². The van der Waals surface area contributed by atoms with Crippen LogP contribution in [0.4, 0.5) is 5.69 Å². The third-order valence-electron chi connectivity index (χ3n) is 3.44. The van der Waals surface area contributed by atoms with E-state index in [1.54, 1.807) is 7.11 Å². The van der Waals surface area contributed by atoms with Gasteiger partial charge in [0, 0.05) is 30.8 Å². The van der Waals surface area contributed by atoms with Crippen LogP contribution in [-0.4, -0.2) is 16.9 Å². The van der Waals surface area contributed by atoms with Gasteiger partial charge >= 0.3 is 0 Å². The molecule has 0 saturated heterocycles. The minimum absolute atomic E-state index is 0.0367. The number of hydrogen-bond acceptors (Lipinski definition) is 3. The van der Waals surface area contributed by atoms with Crippen molar-refractivity contribution in [2.45, 2.75) is 39.7 Å². The predicted molar refractivity (Wildman–Crippen MR) is 87.0 cm³/mol. The fourth-order valence-corrected chi connectivity index (χ4v) is 2.45. The average molecular weight is 287 g/mol. The molecule has 21 heavy (non-hydrogen) atoms. The normalized spacial score (nSPS) is 11.5. The summed E-state index contributed by atoms with van der Waals surface area (Å²) in [6.07, 6.45) is 2.08. The van der Waals surface area contributed by atoms with E-state index in [1.807, 2.05) is 17.8 Å². The zero-order chi connectivity index (χ0) is 15.6. The van der Waals surface area contributed by atoms with Gasteiger partial charge in [-0.25, -0.2) is 0 Å². The summed E-state index contributed by atoms with van der Waals surface area (Å²) in [6, 6.07) is 6.15. The molecular formula is C17H25N3O. The molecule has 1 heterocycles. The molecule has 1 N–H and O–H groups in total. The van der Waals surface area contributed by atoms with E-state index in [0.717, 1.165) is 23.7 Å². The van der Waals surface area contributed by atoms with E-state index in [0.29, 0.717) is 0 Å². The van der Waals surface area contributed by atoms with Gasteiger partial charge in [0.2, 0.25) is 0 Å². The molecule has 0 fully saturated rings. The van der Waals surface area contributed by atoms with Crippen molar-refractivity contribution in [3.63, 3.8) is 0 Å².